The number of benzene rings is 1. The summed E-state index contributed by atoms with van der Waals surface area (Å²) in [6, 6.07) is 9.32. The molecule has 1 saturated carbocycles. The monoisotopic (exact) mass is 559 g/mol. The fourth-order valence-electron chi connectivity index (χ4n) is 4.97. The third kappa shape index (κ3) is 6.68. The average molecular weight is 560 g/mol. The van der Waals surface area contributed by atoms with Gasteiger partial charge in [0.05, 0.1) is 6.61 Å². The SMILES string of the molecule is CCCN(C)C(=O)c1cccc(OC(=O)[C@@]2(C)CC(c3ccc(OC(F)F)c(OCC4CC4)c3)CN2C(C)=O)n1. The van der Waals surface area contributed by atoms with Crippen LogP contribution in [0.4, 0.5) is 8.78 Å². The largest absolute Gasteiger partial charge is 0.489 e. The molecule has 0 spiro atoms. The third-order valence-electron chi connectivity index (χ3n) is 7.33. The molecule has 2 fully saturated rings. The molecule has 11 heteroatoms. The van der Waals surface area contributed by atoms with Crippen molar-refractivity contribution in [2.45, 2.75) is 64.5 Å². The van der Waals surface area contributed by atoms with Crippen LogP contribution < -0.4 is 14.2 Å². The van der Waals surface area contributed by atoms with Gasteiger partial charge in [-0.2, -0.15) is 8.78 Å². The molecule has 1 aromatic heterocycles. The number of halogens is 2. The maximum atomic E-state index is 13.5. The number of ether oxygens (including phenoxy) is 3. The summed E-state index contributed by atoms with van der Waals surface area (Å²) >= 11 is 0. The predicted molar refractivity (Wildman–Crippen MR) is 142 cm³/mol. The van der Waals surface area contributed by atoms with Gasteiger partial charge in [-0.05, 0) is 62.3 Å². The summed E-state index contributed by atoms with van der Waals surface area (Å²) in [5.41, 5.74) is -0.464. The molecule has 1 aromatic carbocycles. The number of pyridine rings is 1. The normalized spacial score (nSPS) is 20.4. The molecule has 40 heavy (non-hydrogen) atoms. The Hall–Kier alpha value is -3.76. The van der Waals surface area contributed by atoms with E-state index in [0.717, 1.165) is 24.8 Å². The Balaban J connectivity index is 1.54. The summed E-state index contributed by atoms with van der Waals surface area (Å²) in [5, 5.41) is 0. The van der Waals surface area contributed by atoms with E-state index >= 15 is 0 Å². The molecule has 216 valence electrons. The number of amides is 2. The molecular formula is C29H35F2N3O6. The van der Waals surface area contributed by atoms with Crippen molar-refractivity contribution in [1.29, 1.82) is 0 Å². The Kier molecular flexibility index (Phi) is 8.90. The number of esters is 1. The number of aromatic nitrogens is 1. The topological polar surface area (TPSA) is 98.3 Å². The van der Waals surface area contributed by atoms with Crippen molar-refractivity contribution >= 4 is 17.8 Å². The Morgan fingerprint density at radius 1 is 1.18 bits per heavy atom. The molecule has 0 N–H and O–H groups in total. The minimum absolute atomic E-state index is 0.0433. The van der Waals surface area contributed by atoms with Crippen LogP contribution >= 0.6 is 0 Å². The lowest BCUT2D eigenvalue weighted by Crippen LogP contribution is -2.52. The number of carbonyl (C=O) groups is 3. The minimum Gasteiger partial charge on any atom is -0.489 e. The van der Waals surface area contributed by atoms with Gasteiger partial charge in [-0.15, -0.1) is 0 Å². The highest BCUT2D eigenvalue weighted by Gasteiger charge is 2.51. The maximum absolute atomic E-state index is 13.5. The second-order valence-electron chi connectivity index (χ2n) is 10.6. The summed E-state index contributed by atoms with van der Waals surface area (Å²) in [5.74, 6) is -1.10. The van der Waals surface area contributed by atoms with Crippen LogP contribution in [0.5, 0.6) is 17.4 Å². The summed E-state index contributed by atoms with van der Waals surface area (Å²) in [7, 11) is 1.67. The fraction of sp³-hybridized carbons (Fsp3) is 0.517. The van der Waals surface area contributed by atoms with E-state index in [1.165, 1.54) is 28.9 Å². The van der Waals surface area contributed by atoms with E-state index in [4.69, 9.17) is 9.47 Å². The quantitative estimate of drug-likeness (QED) is 0.370. The van der Waals surface area contributed by atoms with Gasteiger partial charge in [-0.1, -0.05) is 19.1 Å². The van der Waals surface area contributed by atoms with Crippen molar-refractivity contribution in [3.63, 3.8) is 0 Å². The summed E-state index contributed by atoms with van der Waals surface area (Å²) in [4.78, 5) is 46.0. The molecule has 1 aliphatic heterocycles. The molecular weight excluding hydrogens is 524 g/mol. The average Bonchev–Trinajstić information content (AvgIpc) is 3.67. The Morgan fingerprint density at radius 3 is 2.58 bits per heavy atom. The molecule has 2 amide bonds. The van der Waals surface area contributed by atoms with Gasteiger partial charge < -0.3 is 24.0 Å². The molecule has 1 unspecified atom stereocenters. The molecule has 2 heterocycles. The summed E-state index contributed by atoms with van der Waals surface area (Å²) in [6.07, 6.45) is 3.07. The van der Waals surface area contributed by atoms with Crippen molar-refractivity contribution in [2.75, 3.05) is 26.7 Å². The van der Waals surface area contributed by atoms with Crippen molar-refractivity contribution in [3.05, 3.63) is 47.7 Å². The lowest BCUT2D eigenvalue weighted by Gasteiger charge is -2.31. The number of hydrogen-bond donors (Lipinski definition) is 0. The number of rotatable bonds is 11. The molecule has 1 saturated heterocycles. The first-order chi connectivity index (χ1) is 19.0. The highest BCUT2D eigenvalue weighted by Crippen LogP contribution is 2.43. The van der Waals surface area contributed by atoms with Gasteiger partial charge in [0.15, 0.2) is 11.5 Å². The van der Waals surface area contributed by atoms with E-state index in [1.807, 2.05) is 6.92 Å². The van der Waals surface area contributed by atoms with E-state index in [2.05, 4.69) is 9.72 Å². The van der Waals surface area contributed by atoms with Gasteiger partial charge in [0.2, 0.25) is 11.8 Å². The molecule has 0 radical (unpaired) electrons. The smallest absolute Gasteiger partial charge is 0.387 e. The Bertz CT molecular complexity index is 1250. The zero-order valence-electron chi connectivity index (χ0n) is 23.2. The fourth-order valence-corrected chi connectivity index (χ4v) is 4.97. The minimum atomic E-state index is -3.00. The van der Waals surface area contributed by atoms with Crippen LogP contribution in [-0.4, -0.2) is 71.5 Å². The maximum Gasteiger partial charge on any atom is 0.387 e. The molecule has 9 nitrogen and oxygen atoms in total. The summed E-state index contributed by atoms with van der Waals surface area (Å²) < 4.78 is 42.0. The van der Waals surface area contributed by atoms with Crippen LogP contribution in [0.1, 0.15) is 68.4 Å². The van der Waals surface area contributed by atoms with Gasteiger partial charge >= 0.3 is 12.6 Å². The first-order valence-corrected chi connectivity index (χ1v) is 13.5. The third-order valence-corrected chi connectivity index (χ3v) is 7.33. The van der Waals surface area contributed by atoms with Crippen LogP contribution in [0.25, 0.3) is 0 Å². The van der Waals surface area contributed by atoms with E-state index < -0.39 is 18.1 Å². The van der Waals surface area contributed by atoms with Gasteiger partial charge in [0, 0.05) is 39.0 Å². The zero-order chi connectivity index (χ0) is 29.0. The van der Waals surface area contributed by atoms with Crippen molar-refractivity contribution in [1.82, 2.24) is 14.8 Å². The lowest BCUT2D eigenvalue weighted by molar-refractivity contribution is -0.152. The van der Waals surface area contributed by atoms with Gasteiger partial charge in [-0.25, -0.2) is 9.78 Å². The standard InChI is InChI=1S/C29H35F2N3O6/c1-5-13-33(4)26(36)22-7-6-8-25(32-22)40-27(37)29(3)15-21(16-34(29)18(2)35)20-11-12-23(39-28(30)31)24(14-20)38-17-19-9-10-19/h6-8,11-12,14,19,21,28H,5,9-10,13,15-17H2,1-4H3/t21?,29-/m1/s1. The Morgan fingerprint density at radius 2 is 1.93 bits per heavy atom. The van der Waals surface area contributed by atoms with Crippen LogP contribution in [0.2, 0.25) is 0 Å². The number of nitrogens with zero attached hydrogens (tertiary/aromatic N) is 3. The highest BCUT2D eigenvalue weighted by atomic mass is 19.3. The van der Waals surface area contributed by atoms with Crippen LogP contribution in [0.3, 0.4) is 0 Å². The molecule has 4 rings (SSSR count). The van der Waals surface area contributed by atoms with Gasteiger partial charge in [0.1, 0.15) is 11.2 Å². The molecule has 1 aliphatic carbocycles. The van der Waals surface area contributed by atoms with Crippen LogP contribution in [0, 0.1) is 5.92 Å². The first-order valence-electron chi connectivity index (χ1n) is 13.5. The van der Waals surface area contributed by atoms with Gasteiger partial charge in [0.25, 0.3) is 5.91 Å². The van der Waals surface area contributed by atoms with Crippen molar-refractivity contribution < 1.29 is 37.4 Å². The van der Waals surface area contributed by atoms with Crippen LogP contribution in [-0.2, 0) is 9.59 Å². The van der Waals surface area contributed by atoms with Crippen molar-refractivity contribution in [3.8, 4) is 17.4 Å². The van der Waals surface area contributed by atoms with E-state index in [1.54, 1.807) is 38.2 Å². The van der Waals surface area contributed by atoms with Gasteiger partial charge in [-0.3, -0.25) is 9.59 Å². The predicted octanol–water partition coefficient (Wildman–Crippen LogP) is 4.65. The number of alkyl halides is 2. The second-order valence-corrected chi connectivity index (χ2v) is 10.6. The number of carbonyl (C=O) groups excluding carboxylic acids is 3. The highest BCUT2D eigenvalue weighted by molar-refractivity contribution is 5.92. The van der Waals surface area contributed by atoms with E-state index in [9.17, 15) is 23.2 Å². The number of likely N-dealkylation sites (tertiary alicyclic amines) is 1. The Labute approximate surface area is 232 Å². The number of hydrogen-bond acceptors (Lipinski definition) is 7. The van der Waals surface area contributed by atoms with E-state index in [0.29, 0.717) is 19.1 Å². The van der Waals surface area contributed by atoms with Crippen LogP contribution in [0.15, 0.2) is 36.4 Å². The van der Waals surface area contributed by atoms with Crippen molar-refractivity contribution in [2.24, 2.45) is 5.92 Å². The molecule has 0 bridgehead atoms. The molecule has 2 aliphatic rings. The molecule has 2 atom stereocenters. The summed E-state index contributed by atoms with van der Waals surface area (Å²) in [6.45, 7) is 3.13. The zero-order valence-corrected chi connectivity index (χ0v) is 23.2. The second kappa shape index (κ2) is 12.2. The van der Waals surface area contributed by atoms with E-state index in [-0.39, 0.29) is 53.8 Å². The molecule has 2 aromatic rings. The first kappa shape index (κ1) is 29.2. The lowest BCUT2D eigenvalue weighted by atomic mass is 9.89.